The number of benzene rings is 1. The molecule has 0 saturated carbocycles. The number of halogens is 2. The lowest BCUT2D eigenvalue weighted by Crippen LogP contribution is -2.28. The zero-order chi connectivity index (χ0) is 16.1. The number of aromatic nitrogens is 1. The Balaban J connectivity index is 2.10. The minimum absolute atomic E-state index is 0.0361. The fourth-order valence-electron chi connectivity index (χ4n) is 1.76. The maximum absolute atomic E-state index is 13.1. The Bertz CT molecular complexity index is 676. The van der Waals surface area contributed by atoms with Gasteiger partial charge in [0.1, 0.15) is 11.5 Å². The summed E-state index contributed by atoms with van der Waals surface area (Å²) in [6.45, 7) is 4.62. The number of nitrogens with zero attached hydrogens (tertiary/aromatic N) is 1. The summed E-state index contributed by atoms with van der Waals surface area (Å²) in [5, 5.41) is 5.90. The van der Waals surface area contributed by atoms with E-state index in [2.05, 4.69) is 15.6 Å². The average Bonchev–Trinajstić information content (AvgIpc) is 2.49. The molecule has 2 rings (SSSR count). The molecule has 1 aromatic heterocycles. The summed E-state index contributed by atoms with van der Waals surface area (Å²) in [5.41, 5.74) is 1.62. The molecule has 0 aliphatic carbocycles. The van der Waals surface area contributed by atoms with Crippen LogP contribution in [0.2, 0.25) is 5.02 Å². The van der Waals surface area contributed by atoms with Crippen molar-refractivity contribution in [1.82, 2.24) is 10.3 Å². The smallest absolute Gasteiger partial charge is 0.269 e. The van der Waals surface area contributed by atoms with Gasteiger partial charge in [-0.05, 0) is 36.2 Å². The molecule has 116 valence electrons. The van der Waals surface area contributed by atoms with Crippen LogP contribution in [-0.2, 0) is 0 Å². The molecule has 0 unspecified atom stereocenters. The van der Waals surface area contributed by atoms with Gasteiger partial charge in [-0.1, -0.05) is 25.4 Å². The second kappa shape index (κ2) is 7.22. The van der Waals surface area contributed by atoms with Crippen LogP contribution in [0.4, 0.5) is 15.8 Å². The van der Waals surface area contributed by atoms with Crippen molar-refractivity contribution < 1.29 is 9.18 Å². The van der Waals surface area contributed by atoms with Crippen molar-refractivity contribution in [3.05, 3.63) is 53.1 Å². The summed E-state index contributed by atoms with van der Waals surface area (Å²) in [6.07, 6.45) is 1.54. The van der Waals surface area contributed by atoms with Crippen LogP contribution >= 0.6 is 11.6 Å². The molecule has 0 bridgehead atoms. The van der Waals surface area contributed by atoms with Gasteiger partial charge in [-0.2, -0.15) is 0 Å². The molecule has 0 fully saturated rings. The highest BCUT2D eigenvalue weighted by molar-refractivity contribution is 6.31. The third-order valence-corrected chi connectivity index (χ3v) is 3.16. The van der Waals surface area contributed by atoms with Crippen molar-refractivity contribution in [2.24, 2.45) is 5.92 Å². The number of anilines is 2. The van der Waals surface area contributed by atoms with Crippen LogP contribution < -0.4 is 10.6 Å². The van der Waals surface area contributed by atoms with E-state index in [4.69, 9.17) is 11.6 Å². The van der Waals surface area contributed by atoms with Crippen molar-refractivity contribution in [3.63, 3.8) is 0 Å². The van der Waals surface area contributed by atoms with Crippen molar-refractivity contribution in [2.45, 2.75) is 13.8 Å². The van der Waals surface area contributed by atoms with Gasteiger partial charge in [-0.3, -0.25) is 9.78 Å². The summed E-state index contributed by atoms with van der Waals surface area (Å²) in [6, 6.07) is 7.68. The topological polar surface area (TPSA) is 54.0 Å². The highest BCUT2D eigenvalue weighted by atomic mass is 35.5. The lowest BCUT2D eigenvalue weighted by Gasteiger charge is -2.10. The number of pyridine rings is 1. The maximum Gasteiger partial charge on any atom is 0.269 e. The second-order valence-corrected chi connectivity index (χ2v) is 5.69. The molecule has 6 heteroatoms. The number of hydrogen-bond donors (Lipinski definition) is 2. The van der Waals surface area contributed by atoms with Gasteiger partial charge < -0.3 is 10.6 Å². The van der Waals surface area contributed by atoms with Gasteiger partial charge >= 0.3 is 0 Å². The first-order valence-corrected chi connectivity index (χ1v) is 7.30. The van der Waals surface area contributed by atoms with E-state index in [0.717, 1.165) is 0 Å². The molecular weight excluding hydrogens is 305 g/mol. The molecule has 1 aromatic carbocycles. The number of nitrogens with one attached hydrogen (secondary N) is 2. The standard InChI is InChI=1S/C16H17ClFN3O/c1-10(2)9-20-16(22)15-8-12(5-6-19-15)21-11-3-4-14(18)13(17)7-11/h3-8,10H,9H2,1-2H3,(H,19,21)(H,20,22). The van der Waals surface area contributed by atoms with Gasteiger partial charge in [0.15, 0.2) is 0 Å². The molecule has 1 amide bonds. The molecule has 2 aromatic rings. The fourth-order valence-corrected chi connectivity index (χ4v) is 1.94. The van der Waals surface area contributed by atoms with Crippen molar-refractivity contribution in [2.75, 3.05) is 11.9 Å². The van der Waals surface area contributed by atoms with Crippen LogP contribution in [-0.4, -0.2) is 17.4 Å². The largest absolute Gasteiger partial charge is 0.355 e. The molecule has 0 aliphatic heterocycles. The Morgan fingerprint density at radius 2 is 2.00 bits per heavy atom. The number of carbonyl (C=O) groups is 1. The van der Waals surface area contributed by atoms with Gasteiger partial charge in [0.2, 0.25) is 0 Å². The SMILES string of the molecule is CC(C)CNC(=O)c1cc(Nc2ccc(F)c(Cl)c2)ccn1. The predicted octanol–water partition coefficient (Wildman–Crippen LogP) is 4.00. The van der Waals surface area contributed by atoms with E-state index in [-0.39, 0.29) is 10.9 Å². The summed E-state index contributed by atoms with van der Waals surface area (Å²) in [5.74, 6) is -0.336. The van der Waals surface area contributed by atoms with Gasteiger partial charge in [0.05, 0.1) is 5.02 Å². The lowest BCUT2D eigenvalue weighted by atomic mass is 10.2. The van der Waals surface area contributed by atoms with E-state index < -0.39 is 5.82 Å². The number of carbonyl (C=O) groups excluding carboxylic acids is 1. The van der Waals surface area contributed by atoms with Crippen LogP contribution in [0.5, 0.6) is 0 Å². The van der Waals surface area contributed by atoms with Crippen molar-refractivity contribution in [3.8, 4) is 0 Å². The highest BCUT2D eigenvalue weighted by Gasteiger charge is 2.09. The van der Waals surface area contributed by atoms with Crippen molar-refractivity contribution >= 4 is 28.9 Å². The normalized spacial score (nSPS) is 10.6. The molecule has 1 heterocycles. The third kappa shape index (κ3) is 4.43. The Morgan fingerprint density at radius 1 is 1.27 bits per heavy atom. The number of hydrogen-bond acceptors (Lipinski definition) is 3. The van der Waals surface area contributed by atoms with E-state index in [9.17, 15) is 9.18 Å². The molecule has 0 aliphatic rings. The van der Waals surface area contributed by atoms with E-state index in [0.29, 0.717) is 29.5 Å². The van der Waals surface area contributed by atoms with Crippen LogP contribution in [0.1, 0.15) is 24.3 Å². The van der Waals surface area contributed by atoms with Gasteiger partial charge in [0, 0.05) is 24.1 Å². The first-order valence-electron chi connectivity index (χ1n) is 6.92. The Kier molecular flexibility index (Phi) is 5.33. The Hall–Kier alpha value is -2.14. The summed E-state index contributed by atoms with van der Waals surface area (Å²) in [4.78, 5) is 16.0. The minimum Gasteiger partial charge on any atom is -0.355 e. The zero-order valence-corrected chi connectivity index (χ0v) is 13.1. The van der Waals surface area contributed by atoms with E-state index in [1.165, 1.54) is 18.3 Å². The molecule has 22 heavy (non-hydrogen) atoms. The van der Waals surface area contributed by atoms with E-state index in [1.54, 1.807) is 18.2 Å². The highest BCUT2D eigenvalue weighted by Crippen LogP contribution is 2.22. The molecular formula is C16H17ClFN3O. The second-order valence-electron chi connectivity index (χ2n) is 5.29. The average molecular weight is 322 g/mol. The molecule has 2 N–H and O–H groups in total. The quantitative estimate of drug-likeness (QED) is 0.875. The van der Waals surface area contributed by atoms with Crippen LogP contribution in [0.3, 0.4) is 0 Å². The Morgan fingerprint density at radius 3 is 2.68 bits per heavy atom. The van der Waals surface area contributed by atoms with Gasteiger partial charge in [0.25, 0.3) is 5.91 Å². The number of rotatable bonds is 5. The summed E-state index contributed by atoms with van der Waals surface area (Å²) in [7, 11) is 0. The minimum atomic E-state index is -0.476. The molecule has 4 nitrogen and oxygen atoms in total. The Labute approximate surface area is 133 Å². The van der Waals surface area contributed by atoms with Crippen molar-refractivity contribution in [1.29, 1.82) is 0 Å². The van der Waals surface area contributed by atoms with Gasteiger partial charge in [-0.15, -0.1) is 0 Å². The van der Waals surface area contributed by atoms with Crippen LogP contribution in [0.15, 0.2) is 36.5 Å². The molecule has 0 radical (unpaired) electrons. The zero-order valence-electron chi connectivity index (χ0n) is 12.4. The monoisotopic (exact) mass is 321 g/mol. The fraction of sp³-hybridized carbons (Fsp3) is 0.250. The number of amides is 1. The molecule has 0 atom stereocenters. The van der Waals surface area contributed by atoms with E-state index in [1.807, 2.05) is 13.8 Å². The van der Waals surface area contributed by atoms with Crippen LogP contribution in [0, 0.1) is 11.7 Å². The summed E-state index contributed by atoms with van der Waals surface area (Å²) >= 11 is 5.74. The predicted molar refractivity (Wildman–Crippen MR) is 86.1 cm³/mol. The first kappa shape index (κ1) is 16.2. The summed E-state index contributed by atoms with van der Waals surface area (Å²) < 4.78 is 13.1. The van der Waals surface area contributed by atoms with Gasteiger partial charge in [-0.25, -0.2) is 4.39 Å². The first-order chi connectivity index (χ1) is 10.5. The molecule has 0 saturated heterocycles. The lowest BCUT2D eigenvalue weighted by molar-refractivity contribution is 0.0944. The van der Waals surface area contributed by atoms with Crippen LogP contribution in [0.25, 0.3) is 0 Å². The molecule has 0 spiro atoms. The third-order valence-electron chi connectivity index (χ3n) is 2.87. The van der Waals surface area contributed by atoms with E-state index >= 15 is 0 Å². The maximum atomic E-state index is 13.1.